The van der Waals surface area contributed by atoms with E-state index in [1.165, 1.54) is 17.9 Å². The van der Waals surface area contributed by atoms with Gasteiger partial charge in [-0.1, -0.05) is 41.9 Å². The minimum absolute atomic E-state index is 0.0145. The minimum atomic E-state index is -1.56. The molecule has 5 amide bonds. The number of nitrogens with zero attached hydrogens (tertiary/aromatic N) is 1. The molecule has 1 fully saturated rings. The number of rotatable bonds is 4. The molecule has 51 heavy (non-hydrogen) atoms. The van der Waals surface area contributed by atoms with E-state index in [9.17, 15) is 33.5 Å². The molecule has 270 valence electrons. The molecule has 3 atom stereocenters. The van der Waals surface area contributed by atoms with E-state index in [4.69, 9.17) is 21.1 Å². The van der Waals surface area contributed by atoms with Crippen molar-refractivity contribution in [2.75, 3.05) is 32.8 Å². The molecule has 6 rings (SSSR count). The van der Waals surface area contributed by atoms with E-state index >= 15 is 0 Å². The topological polar surface area (TPSA) is 175 Å². The number of halogens is 2. The van der Waals surface area contributed by atoms with Crippen molar-refractivity contribution in [1.82, 2.24) is 26.2 Å². The fourth-order valence-electron chi connectivity index (χ4n) is 5.80. The highest BCUT2D eigenvalue weighted by atomic mass is 35.5. The van der Waals surface area contributed by atoms with Gasteiger partial charge in [0, 0.05) is 32.4 Å². The molecule has 3 heterocycles. The van der Waals surface area contributed by atoms with Crippen LogP contribution in [0, 0.1) is 5.82 Å². The monoisotopic (exact) mass is 723 g/mol. The van der Waals surface area contributed by atoms with Crippen LogP contribution in [0.15, 0.2) is 72.8 Å². The Labute approximate surface area is 298 Å². The standard InChI is InChI=1S/C36H39ClFN5O8/c1-22-31(45)39-15-18-50-25-8-10-26(11-9-25)51-36(13-16-43(17-14-36)34(48)27-12-7-24(38)20-28(27)37)35(49)42-29(19-23-5-3-2-4-6-23)32(46)41-30(21-44)33(47)40-22/h2-12,20,22,29-30,44H,13-19,21H2,1H3,(H,39,45)(H,40,47)(H,41,46)(H,42,49)/t22-,29+,30-/m0/s1. The van der Waals surface area contributed by atoms with Gasteiger partial charge in [0.05, 0.1) is 23.7 Å². The van der Waals surface area contributed by atoms with E-state index in [-0.39, 0.29) is 56.1 Å². The van der Waals surface area contributed by atoms with Crippen LogP contribution in [0.1, 0.15) is 35.7 Å². The molecular formula is C36H39ClFN5O8. The molecule has 1 spiro atoms. The van der Waals surface area contributed by atoms with Gasteiger partial charge in [-0.15, -0.1) is 0 Å². The number of nitrogens with one attached hydrogen (secondary N) is 4. The summed E-state index contributed by atoms with van der Waals surface area (Å²) in [6, 6.07) is 15.2. The van der Waals surface area contributed by atoms with Gasteiger partial charge in [0.25, 0.3) is 11.8 Å². The fraction of sp³-hybridized carbons (Fsp3) is 0.361. The number of fused-ring (bicyclic) bond motifs is 15. The number of hydrogen-bond donors (Lipinski definition) is 5. The Hall–Kier alpha value is -5.21. The molecule has 2 bridgehead atoms. The number of likely N-dealkylation sites (tertiary alicyclic amines) is 1. The Bertz CT molecular complexity index is 1740. The molecule has 3 aliphatic heterocycles. The fourth-order valence-corrected chi connectivity index (χ4v) is 6.05. The zero-order valence-electron chi connectivity index (χ0n) is 27.8. The highest BCUT2D eigenvalue weighted by Gasteiger charge is 2.46. The number of piperidine rings is 1. The second-order valence-electron chi connectivity index (χ2n) is 12.3. The van der Waals surface area contributed by atoms with Crippen LogP contribution >= 0.6 is 11.6 Å². The molecule has 0 aromatic heterocycles. The molecule has 5 N–H and O–H groups in total. The normalized spacial score (nSPS) is 21.7. The summed E-state index contributed by atoms with van der Waals surface area (Å²) in [7, 11) is 0. The van der Waals surface area contributed by atoms with Gasteiger partial charge in [-0.2, -0.15) is 0 Å². The Morgan fingerprint density at radius 2 is 1.57 bits per heavy atom. The summed E-state index contributed by atoms with van der Waals surface area (Å²) in [6.07, 6.45) is 0.0495. The number of amides is 5. The Morgan fingerprint density at radius 3 is 2.24 bits per heavy atom. The van der Waals surface area contributed by atoms with Crippen LogP contribution in [-0.2, 0) is 25.6 Å². The first-order chi connectivity index (χ1) is 24.5. The molecule has 0 aliphatic carbocycles. The van der Waals surface area contributed by atoms with Crippen molar-refractivity contribution < 1.29 is 42.9 Å². The van der Waals surface area contributed by atoms with Crippen LogP contribution in [0.4, 0.5) is 4.39 Å². The zero-order chi connectivity index (χ0) is 36.5. The molecular weight excluding hydrogens is 685 g/mol. The highest BCUT2D eigenvalue weighted by molar-refractivity contribution is 6.33. The van der Waals surface area contributed by atoms with Crippen molar-refractivity contribution in [2.45, 2.75) is 49.9 Å². The lowest BCUT2D eigenvalue weighted by Crippen LogP contribution is -2.62. The maximum Gasteiger partial charge on any atom is 0.265 e. The first-order valence-electron chi connectivity index (χ1n) is 16.5. The second-order valence-corrected chi connectivity index (χ2v) is 12.7. The summed E-state index contributed by atoms with van der Waals surface area (Å²) in [5, 5.41) is 20.5. The highest BCUT2D eigenvalue weighted by Crippen LogP contribution is 2.32. The molecule has 3 aromatic carbocycles. The van der Waals surface area contributed by atoms with Crippen molar-refractivity contribution in [1.29, 1.82) is 0 Å². The van der Waals surface area contributed by atoms with E-state index in [0.717, 1.165) is 12.1 Å². The average molecular weight is 724 g/mol. The summed E-state index contributed by atoms with van der Waals surface area (Å²) in [5.74, 6) is -2.95. The lowest BCUT2D eigenvalue weighted by molar-refractivity contribution is -0.144. The molecule has 0 saturated carbocycles. The third-order valence-electron chi connectivity index (χ3n) is 8.71. The lowest BCUT2D eigenvalue weighted by Gasteiger charge is -2.41. The summed E-state index contributed by atoms with van der Waals surface area (Å²) in [4.78, 5) is 68.6. The summed E-state index contributed by atoms with van der Waals surface area (Å²) < 4.78 is 25.8. The quantitative estimate of drug-likeness (QED) is 0.253. The smallest absolute Gasteiger partial charge is 0.265 e. The average Bonchev–Trinajstić information content (AvgIpc) is 3.12. The van der Waals surface area contributed by atoms with Gasteiger partial charge in [-0.25, -0.2) is 4.39 Å². The summed E-state index contributed by atoms with van der Waals surface area (Å²) >= 11 is 6.17. The third-order valence-corrected chi connectivity index (χ3v) is 9.03. The predicted molar refractivity (Wildman–Crippen MR) is 184 cm³/mol. The molecule has 13 nitrogen and oxygen atoms in total. The first kappa shape index (κ1) is 37.1. The summed E-state index contributed by atoms with van der Waals surface area (Å²) in [5.41, 5.74) is -0.748. The number of aliphatic hydroxyl groups is 1. The van der Waals surface area contributed by atoms with Crippen LogP contribution in [0.5, 0.6) is 11.5 Å². The minimum Gasteiger partial charge on any atom is -0.492 e. The van der Waals surface area contributed by atoms with E-state index in [2.05, 4.69) is 21.3 Å². The number of aliphatic hydroxyl groups excluding tert-OH is 1. The molecule has 3 aromatic rings. The van der Waals surface area contributed by atoms with Crippen molar-refractivity contribution >= 4 is 41.1 Å². The van der Waals surface area contributed by atoms with Crippen LogP contribution in [0.3, 0.4) is 0 Å². The largest absolute Gasteiger partial charge is 0.492 e. The van der Waals surface area contributed by atoms with Gasteiger partial charge >= 0.3 is 0 Å². The summed E-state index contributed by atoms with van der Waals surface area (Å²) in [6.45, 7) is 1.04. The molecule has 15 heteroatoms. The SMILES string of the molecule is C[C@@H]1NC(=O)[C@H](CO)NC(=O)[C@@H](Cc2ccccc2)NC(=O)C2(CCN(C(=O)c3ccc(F)cc3Cl)CC2)Oc2ccc(cc2)OCCNC1=O. The van der Waals surface area contributed by atoms with E-state index in [0.29, 0.717) is 17.1 Å². The van der Waals surface area contributed by atoms with E-state index in [1.807, 2.05) is 0 Å². The van der Waals surface area contributed by atoms with Gasteiger partial charge in [0.2, 0.25) is 17.7 Å². The number of ether oxygens (including phenoxy) is 2. The number of hydrogen-bond acceptors (Lipinski definition) is 8. The number of benzene rings is 3. The van der Waals surface area contributed by atoms with Crippen molar-refractivity contribution in [2.24, 2.45) is 0 Å². The van der Waals surface area contributed by atoms with Gasteiger partial charge in [-0.05, 0) is 55.0 Å². The number of carbonyl (C=O) groups is 5. The predicted octanol–water partition coefficient (Wildman–Crippen LogP) is 1.75. The maximum absolute atomic E-state index is 14.4. The van der Waals surface area contributed by atoms with E-state index < -0.39 is 65.7 Å². The molecule has 3 aliphatic rings. The van der Waals surface area contributed by atoms with Gasteiger partial charge in [0.1, 0.15) is 42.0 Å². The Morgan fingerprint density at radius 1 is 0.902 bits per heavy atom. The first-order valence-corrected chi connectivity index (χ1v) is 16.9. The Kier molecular flexibility index (Phi) is 12.1. The van der Waals surface area contributed by atoms with Crippen LogP contribution in [-0.4, -0.2) is 96.1 Å². The van der Waals surface area contributed by atoms with Crippen molar-refractivity contribution in [3.8, 4) is 11.5 Å². The van der Waals surface area contributed by atoms with Crippen LogP contribution in [0.2, 0.25) is 5.02 Å². The van der Waals surface area contributed by atoms with Crippen LogP contribution in [0.25, 0.3) is 0 Å². The molecule has 0 unspecified atom stereocenters. The molecule has 0 radical (unpaired) electrons. The van der Waals surface area contributed by atoms with Gasteiger partial charge < -0.3 is 40.7 Å². The maximum atomic E-state index is 14.4. The number of carbonyl (C=O) groups excluding carboxylic acids is 5. The molecule has 1 saturated heterocycles. The van der Waals surface area contributed by atoms with E-state index in [1.54, 1.807) is 54.6 Å². The third kappa shape index (κ3) is 9.32. The Balaban J connectivity index is 1.46. The van der Waals surface area contributed by atoms with Crippen molar-refractivity contribution in [3.05, 3.63) is 94.8 Å². The second kappa shape index (κ2) is 16.7. The van der Waals surface area contributed by atoms with Crippen LogP contribution < -0.4 is 30.7 Å². The van der Waals surface area contributed by atoms with Crippen molar-refractivity contribution in [3.63, 3.8) is 0 Å². The lowest BCUT2D eigenvalue weighted by atomic mass is 9.88. The van der Waals surface area contributed by atoms with Gasteiger partial charge in [-0.3, -0.25) is 24.0 Å². The van der Waals surface area contributed by atoms with Gasteiger partial charge in [0.15, 0.2) is 5.60 Å². The zero-order valence-corrected chi connectivity index (χ0v) is 28.6.